The van der Waals surface area contributed by atoms with Crippen molar-refractivity contribution in [2.45, 2.75) is 31.0 Å². The number of carbonyl (C=O) groups is 1. The van der Waals surface area contributed by atoms with Crippen molar-refractivity contribution in [2.24, 2.45) is 5.92 Å². The quantitative estimate of drug-likeness (QED) is 0.675. The monoisotopic (exact) mass is 348 g/mol. The first-order valence-corrected chi connectivity index (χ1v) is 8.83. The highest BCUT2D eigenvalue weighted by Gasteiger charge is 2.47. The summed E-state index contributed by atoms with van der Waals surface area (Å²) in [6.07, 6.45) is 1.60. The number of nitrogens with zero attached hydrogens (tertiary/aromatic N) is 4. The predicted molar refractivity (Wildman–Crippen MR) is 92.5 cm³/mol. The molecule has 130 valence electrons. The fourth-order valence-electron chi connectivity index (χ4n) is 3.81. The number of benzene rings is 1. The van der Waals surface area contributed by atoms with E-state index in [9.17, 15) is 9.18 Å². The number of pyridine rings is 1. The summed E-state index contributed by atoms with van der Waals surface area (Å²) in [5.74, 6) is 0.250. The minimum absolute atomic E-state index is 0.110. The molecule has 2 aromatic heterocycles. The van der Waals surface area contributed by atoms with Gasteiger partial charge in [0.25, 0.3) is 0 Å². The van der Waals surface area contributed by atoms with Gasteiger partial charge in [0.05, 0.1) is 6.04 Å². The molecule has 0 saturated heterocycles. The van der Waals surface area contributed by atoms with E-state index in [1.807, 2.05) is 48.5 Å². The molecule has 1 aliphatic carbocycles. The molecule has 1 fully saturated rings. The number of fused-ring (bicyclic) bond motifs is 1. The standard InChI is InChI=1S/C20H17FN4O/c21-15-11-17(12-6-2-1-3-7-12)25-20(15)23-19(24-25)18(26)14-10-13(14)16-8-4-5-9-22-16/h1-9,13-15,17H,10-11H2/t13?,14?,15-,17-/m0/s1. The van der Waals surface area contributed by atoms with E-state index < -0.39 is 6.17 Å². The number of Topliss-reactive ketones (excluding diaryl/α,β-unsaturated/α-hetero) is 1. The number of hydrogen-bond acceptors (Lipinski definition) is 4. The Balaban J connectivity index is 1.41. The Morgan fingerprint density at radius 3 is 2.65 bits per heavy atom. The molecule has 3 heterocycles. The van der Waals surface area contributed by atoms with Crippen molar-refractivity contribution in [3.63, 3.8) is 0 Å². The van der Waals surface area contributed by atoms with Crippen LogP contribution in [0.25, 0.3) is 0 Å². The summed E-state index contributed by atoms with van der Waals surface area (Å²) < 4.78 is 16.0. The smallest absolute Gasteiger partial charge is 0.217 e. The van der Waals surface area contributed by atoms with Gasteiger partial charge in [0.1, 0.15) is 0 Å². The lowest BCUT2D eigenvalue weighted by atomic mass is 10.0. The first-order chi connectivity index (χ1) is 12.7. The molecule has 1 saturated carbocycles. The normalized spacial score (nSPS) is 26.5. The average Bonchev–Trinajstić information content (AvgIpc) is 3.27. The van der Waals surface area contributed by atoms with Crippen LogP contribution in [0.2, 0.25) is 0 Å². The molecule has 5 nitrogen and oxygen atoms in total. The molecule has 2 unspecified atom stereocenters. The van der Waals surface area contributed by atoms with E-state index in [2.05, 4.69) is 15.1 Å². The Morgan fingerprint density at radius 2 is 1.88 bits per heavy atom. The highest BCUT2D eigenvalue weighted by molar-refractivity contribution is 5.97. The van der Waals surface area contributed by atoms with Gasteiger partial charge in [0, 0.05) is 30.1 Å². The highest BCUT2D eigenvalue weighted by atomic mass is 19.1. The van der Waals surface area contributed by atoms with Crippen molar-refractivity contribution in [1.82, 2.24) is 19.7 Å². The van der Waals surface area contributed by atoms with Gasteiger partial charge in [-0.1, -0.05) is 36.4 Å². The molecule has 1 aromatic carbocycles. The molecule has 0 spiro atoms. The number of alkyl halides is 1. The largest absolute Gasteiger partial charge is 0.290 e. The van der Waals surface area contributed by atoms with Crippen LogP contribution in [0, 0.1) is 5.92 Å². The Bertz CT molecular complexity index is 956. The molecule has 0 amide bonds. The third-order valence-electron chi connectivity index (χ3n) is 5.26. The second kappa shape index (κ2) is 5.83. The van der Waals surface area contributed by atoms with Crippen LogP contribution in [0.4, 0.5) is 4.39 Å². The minimum Gasteiger partial charge on any atom is -0.290 e. The van der Waals surface area contributed by atoms with Crippen molar-refractivity contribution in [3.8, 4) is 0 Å². The van der Waals surface area contributed by atoms with Crippen LogP contribution >= 0.6 is 0 Å². The average molecular weight is 348 g/mol. The van der Waals surface area contributed by atoms with Gasteiger partial charge < -0.3 is 0 Å². The Kier molecular flexibility index (Phi) is 3.45. The summed E-state index contributed by atoms with van der Waals surface area (Å²) in [7, 11) is 0. The molecule has 5 rings (SSSR count). The molecule has 0 bridgehead atoms. The molecule has 1 aliphatic heterocycles. The molecule has 0 N–H and O–H groups in total. The maximum Gasteiger partial charge on any atom is 0.217 e. The lowest BCUT2D eigenvalue weighted by molar-refractivity contribution is 0.0954. The van der Waals surface area contributed by atoms with Gasteiger partial charge in [-0.05, 0) is 24.1 Å². The maximum absolute atomic E-state index is 14.4. The van der Waals surface area contributed by atoms with E-state index in [4.69, 9.17) is 0 Å². The van der Waals surface area contributed by atoms with Crippen LogP contribution in [-0.2, 0) is 0 Å². The maximum atomic E-state index is 14.4. The third-order valence-corrected chi connectivity index (χ3v) is 5.26. The van der Waals surface area contributed by atoms with E-state index in [1.165, 1.54) is 0 Å². The Hall–Kier alpha value is -2.89. The van der Waals surface area contributed by atoms with Crippen LogP contribution in [0.3, 0.4) is 0 Å². The second-order valence-corrected chi connectivity index (χ2v) is 6.94. The first kappa shape index (κ1) is 15.4. The fourth-order valence-corrected chi connectivity index (χ4v) is 3.81. The number of carbonyl (C=O) groups excluding carboxylic acids is 1. The minimum atomic E-state index is -1.19. The Labute approximate surface area is 149 Å². The first-order valence-electron chi connectivity index (χ1n) is 8.83. The summed E-state index contributed by atoms with van der Waals surface area (Å²) in [5, 5.41) is 4.38. The second-order valence-electron chi connectivity index (χ2n) is 6.94. The van der Waals surface area contributed by atoms with Crippen molar-refractivity contribution in [3.05, 3.63) is 77.6 Å². The topological polar surface area (TPSA) is 60.7 Å². The summed E-state index contributed by atoms with van der Waals surface area (Å²) in [6, 6.07) is 15.2. The van der Waals surface area contributed by atoms with E-state index in [0.29, 0.717) is 6.42 Å². The summed E-state index contributed by atoms with van der Waals surface area (Å²) in [4.78, 5) is 21.3. The number of hydrogen-bond donors (Lipinski definition) is 0. The number of ketones is 1. The molecule has 0 radical (unpaired) electrons. The number of rotatable bonds is 4. The lowest BCUT2D eigenvalue weighted by Gasteiger charge is -2.11. The van der Waals surface area contributed by atoms with Gasteiger partial charge in [0.2, 0.25) is 11.6 Å². The number of aromatic nitrogens is 4. The molecule has 2 aliphatic rings. The van der Waals surface area contributed by atoms with Gasteiger partial charge in [0.15, 0.2) is 12.0 Å². The van der Waals surface area contributed by atoms with Crippen LogP contribution in [0.5, 0.6) is 0 Å². The molecular weight excluding hydrogens is 331 g/mol. The summed E-state index contributed by atoms with van der Waals surface area (Å²) >= 11 is 0. The van der Waals surface area contributed by atoms with E-state index in [-0.39, 0.29) is 35.3 Å². The molecule has 6 heteroatoms. The van der Waals surface area contributed by atoms with Crippen molar-refractivity contribution >= 4 is 5.78 Å². The van der Waals surface area contributed by atoms with E-state index in [0.717, 1.165) is 17.7 Å². The van der Waals surface area contributed by atoms with Crippen molar-refractivity contribution in [1.29, 1.82) is 0 Å². The van der Waals surface area contributed by atoms with E-state index >= 15 is 0 Å². The lowest BCUT2D eigenvalue weighted by Crippen LogP contribution is -2.11. The fraction of sp³-hybridized carbons (Fsp3) is 0.300. The van der Waals surface area contributed by atoms with Gasteiger partial charge in [-0.3, -0.25) is 9.78 Å². The van der Waals surface area contributed by atoms with Crippen LogP contribution in [-0.4, -0.2) is 25.5 Å². The molecule has 3 aromatic rings. The van der Waals surface area contributed by atoms with Gasteiger partial charge >= 0.3 is 0 Å². The highest BCUT2D eigenvalue weighted by Crippen LogP contribution is 2.48. The van der Waals surface area contributed by atoms with Crippen LogP contribution in [0.15, 0.2) is 54.7 Å². The van der Waals surface area contributed by atoms with Crippen molar-refractivity contribution < 1.29 is 9.18 Å². The van der Waals surface area contributed by atoms with Gasteiger partial charge in [-0.25, -0.2) is 14.1 Å². The zero-order valence-corrected chi connectivity index (χ0v) is 14.0. The van der Waals surface area contributed by atoms with Crippen LogP contribution < -0.4 is 0 Å². The van der Waals surface area contributed by atoms with E-state index in [1.54, 1.807) is 10.9 Å². The zero-order valence-electron chi connectivity index (χ0n) is 14.0. The van der Waals surface area contributed by atoms with Gasteiger partial charge in [-0.2, -0.15) is 0 Å². The summed E-state index contributed by atoms with van der Waals surface area (Å²) in [5.41, 5.74) is 1.90. The zero-order chi connectivity index (χ0) is 17.7. The summed E-state index contributed by atoms with van der Waals surface area (Å²) in [6.45, 7) is 0. The molecule has 26 heavy (non-hydrogen) atoms. The third kappa shape index (κ3) is 2.44. The molecule has 4 atom stereocenters. The SMILES string of the molecule is O=C(c1nc2n(n1)[C@H](c1ccccc1)C[C@@H]2F)C1CC1c1ccccn1. The predicted octanol–water partition coefficient (Wildman–Crippen LogP) is 3.66. The number of halogens is 1. The van der Waals surface area contributed by atoms with Crippen LogP contribution in [0.1, 0.15) is 58.7 Å². The Morgan fingerprint density at radius 1 is 1.08 bits per heavy atom. The molecular formula is C20H17FN4O. The van der Waals surface area contributed by atoms with Gasteiger partial charge in [-0.15, -0.1) is 5.10 Å². The van der Waals surface area contributed by atoms with Crippen molar-refractivity contribution in [2.75, 3.05) is 0 Å².